The van der Waals surface area contributed by atoms with Crippen LogP contribution in [0.4, 0.5) is 0 Å². The van der Waals surface area contributed by atoms with Crippen molar-refractivity contribution in [2.24, 2.45) is 46.3 Å². The van der Waals surface area contributed by atoms with Crippen molar-refractivity contribution >= 4 is 28.4 Å². The summed E-state index contributed by atoms with van der Waals surface area (Å²) in [6, 6.07) is 0. The molecule has 3 saturated carbocycles. The number of rotatable bonds is 6. The summed E-state index contributed by atoms with van der Waals surface area (Å²) in [5, 5.41) is 0. The molecule has 1 nitrogen and oxygen atoms in total. The molecule has 4 aliphatic carbocycles. The van der Waals surface area contributed by atoms with Gasteiger partial charge in [-0.15, -0.1) is 0 Å². The first-order valence-corrected chi connectivity index (χ1v) is 15.3. The zero-order valence-electron chi connectivity index (χ0n) is 21.6. The molecule has 0 amide bonds. The average Bonchev–Trinajstić information content (AvgIpc) is 3.11. The van der Waals surface area contributed by atoms with Crippen LogP contribution in [0.25, 0.3) is 0 Å². The average molecular weight is 477 g/mol. The summed E-state index contributed by atoms with van der Waals surface area (Å²) < 4.78 is 6.82. The Labute approximate surface area is 208 Å². The van der Waals surface area contributed by atoms with Gasteiger partial charge in [0, 0.05) is 6.42 Å². The van der Waals surface area contributed by atoms with Gasteiger partial charge in [-0.3, -0.25) is 0 Å². The Bertz CT molecular complexity index is 714. The summed E-state index contributed by atoms with van der Waals surface area (Å²) in [6.07, 6.45) is 20.1. The monoisotopic (exact) mass is 476 g/mol. The van der Waals surface area contributed by atoms with Crippen molar-refractivity contribution in [3.63, 3.8) is 0 Å². The lowest BCUT2D eigenvalue weighted by Gasteiger charge is -2.58. The largest absolute Gasteiger partial charge is 0.475 e. The second kappa shape index (κ2) is 9.92. The molecule has 0 radical (unpaired) electrons. The van der Waals surface area contributed by atoms with Crippen LogP contribution in [0.1, 0.15) is 105 Å². The third-order valence-corrected chi connectivity index (χ3v) is 11.7. The molecule has 0 N–H and O–H groups in total. The number of fused-ring (bicyclic) bond motifs is 5. The molecule has 0 aromatic carbocycles. The highest BCUT2D eigenvalue weighted by molar-refractivity contribution is 8.22. The van der Waals surface area contributed by atoms with Crippen molar-refractivity contribution in [2.45, 2.75) is 111 Å². The number of allylic oxidation sites excluding steroid dienone is 1. The van der Waals surface area contributed by atoms with E-state index in [-0.39, 0.29) is 0 Å². The van der Waals surface area contributed by atoms with E-state index in [0.717, 1.165) is 46.3 Å². The molecule has 4 rings (SSSR count). The first kappa shape index (κ1) is 25.1. The van der Waals surface area contributed by atoms with Crippen LogP contribution >= 0.6 is 24.0 Å². The van der Waals surface area contributed by atoms with Crippen molar-refractivity contribution in [3.05, 3.63) is 11.6 Å². The molecule has 3 heteroatoms. The SMILES string of the molecule is CSC(=S)OC1CC[C@@]2(C)C(=CCC3C2CC[C@@]2(C)C3CC[C@@H]2[C@H](C)CCCC(C)C)C1. The highest BCUT2D eigenvalue weighted by Gasteiger charge is 2.59. The van der Waals surface area contributed by atoms with Crippen LogP contribution in [0.3, 0.4) is 0 Å². The summed E-state index contributed by atoms with van der Waals surface area (Å²) >= 11 is 6.93. The summed E-state index contributed by atoms with van der Waals surface area (Å²) in [6.45, 7) is 12.7. The highest BCUT2D eigenvalue weighted by Crippen LogP contribution is 2.67. The van der Waals surface area contributed by atoms with E-state index in [0.29, 0.717) is 16.9 Å². The van der Waals surface area contributed by atoms with Crippen molar-refractivity contribution in [1.82, 2.24) is 0 Å². The second-order valence-corrected chi connectivity index (χ2v) is 14.1. The van der Waals surface area contributed by atoms with Gasteiger partial charge in [0.25, 0.3) is 0 Å². The lowest BCUT2D eigenvalue weighted by atomic mass is 9.47. The molecule has 0 aromatic rings. The molecule has 0 heterocycles. The summed E-state index contributed by atoms with van der Waals surface area (Å²) in [7, 11) is 0. The van der Waals surface area contributed by atoms with Gasteiger partial charge in [-0.25, -0.2) is 0 Å². The van der Waals surface area contributed by atoms with Crippen LogP contribution in [0.5, 0.6) is 0 Å². The fourth-order valence-corrected chi connectivity index (χ4v) is 9.31. The van der Waals surface area contributed by atoms with E-state index in [1.807, 2.05) is 6.26 Å². The molecule has 0 spiro atoms. The number of ether oxygens (including phenoxy) is 1. The van der Waals surface area contributed by atoms with Gasteiger partial charge in [-0.1, -0.05) is 77.3 Å². The Morgan fingerprint density at radius 1 is 1.09 bits per heavy atom. The molecule has 8 atom stereocenters. The second-order valence-electron chi connectivity index (χ2n) is 12.7. The molecule has 0 saturated heterocycles. The van der Waals surface area contributed by atoms with E-state index in [1.165, 1.54) is 64.2 Å². The van der Waals surface area contributed by atoms with Crippen LogP contribution in [-0.2, 0) is 4.74 Å². The van der Waals surface area contributed by atoms with Gasteiger partial charge in [-0.2, -0.15) is 0 Å². The fourth-order valence-electron chi connectivity index (χ4n) is 8.94. The minimum Gasteiger partial charge on any atom is -0.475 e. The molecule has 182 valence electrons. The molecule has 4 unspecified atom stereocenters. The molecule has 0 bridgehead atoms. The topological polar surface area (TPSA) is 9.23 Å². The van der Waals surface area contributed by atoms with Crippen LogP contribution in [0.2, 0.25) is 0 Å². The first-order valence-electron chi connectivity index (χ1n) is 13.6. The Kier molecular flexibility index (Phi) is 7.78. The quantitative estimate of drug-likeness (QED) is 0.279. The van der Waals surface area contributed by atoms with Crippen molar-refractivity contribution in [2.75, 3.05) is 6.26 Å². The van der Waals surface area contributed by atoms with Crippen molar-refractivity contribution < 1.29 is 4.74 Å². The number of thioether (sulfide) groups is 1. The Hall–Kier alpha value is -0.0200. The van der Waals surface area contributed by atoms with Crippen LogP contribution < -0.4 is 0 Å². The summed E-state index contributed by atoms with van der Waals surface area (Å²) in [4.78, 5) is 0. The Balaban J connectivity index is 1.45. The van der Waals surface area contributed by atoms with Crippen LogP contribution in [-0.4, -0.2) is 16.7 Å². The van der Waals surface area contributed by atoms with Gasteiger partial charge in [-0.05, 0) is 110 Å². The first-order chi connectivity index (χ1) is 15.2. The van der Waals surface area contributed by atoms with Gasteiger partial charge in [0.15, 0.2) is 0 Å². The third kappa shape index (κ3) is 4.60. The maximum Gasteiger partial charge on any atom is 0.219 e. The molecule has 3 fully saturated rings. The summed E-state index contributed by atoms with van der Waals surface area (Å²) in [5.74, 6) is 5.47. The van der Waals surface area contributed by atoms with Crippen molar-refractivity contribution in [1.29, 1.82) is 0 Å². The van der Waals surface area contributed by atoms with Gasteiger partial charge in [0.1, 0.15) is 6.10 Å². The molecular formula is C29H48OS2. The lowest BCUT2D eigenvalue weighted by molar-refractivity contribution is -0.0561. The minimum absolute atomic E-state index is 0.308. The highest BCUT2D eigenvalue weighted by atomic mass is 32.2. The van der Waals surface area contributed by atoms with Crippen molar-refractivity contribution in [3.8, 4) is 0 Å². The number of thiocarbonyl (C=S) groups is 1. The maximum absolute atomic E-state index is 6.10. The minimum atomic E-state index is 0.308. The Morgan fingerprint density at radius 3 is 2.59 bits per heavy atom. The van der Waals surface area contributed by atoms with Crippen LogP contribution in [0, 0.1) is 46.3 Å². The Morgan fingerprint density at radius 2 is 1.88 bits per heavy atom. The van der Waals surface area contributed by atoms with E-state index in [2.05, 4.69) is 40.7 Å². The fraction of sp³-hybridized carbons (Fsp3) is 0.897. The van der Waals surface area contributed by atoms with Gasteiger partial charge in [0.2, 0.25) is 4.38 Å². The number of hydrogen-bond donors (Lipinski definition) is 0. The van der Waals surface area contributed by atoms with Gasteiger partial charge < -0.3 is 4.74 Å². The maximum atomic E-state index is 6.10. The van der Waals surface area contributed by atoms with E-state index < -0.39 is 0 Å². The predicted octanol–water partition coefficient (Wildman–Crippen LogP) is 9.06. The molecule has 0 aromatic heterocycles. The van der Waals surface area contributed by atoms with Crippen LogP contribution in [0.15, 0.2) is 11.6 Å². The van der Waals surface area contributed by atoms with E-state index >= 15 is 0 Å². The molecular weight excluding hydrogens is 428 g/mol. The zero-order valence-corrected chi connectivity index (χ0v) is 23.3. The normalized spacial score (nSPS) is 42.0. The number of hydrogen-bond acceptors (Lipinski definition) is 3. The van der Waals surface area contributed by atoms with E-state index in [4.69, 9.17) is 17.0 Å². The lowest BCUT2D eigenvalue weighted by Crippen LogP contribution is -2.51. The van der Waals surface area contributed by atoms with E-state index in [1.54, 1.807) is 17.3 Å². The smallest absolute Gasteiger partial charge is 0.219 e. The summed E-state index contributed by atoms with van der Waals surface area (Å²) in [5.41, 5.74) is 2.70. The van der Waals surface area contributed by atoms with Gasteiger partial charge >= 0.3 is 0 Å². The molecule has 4 aliphatic rings. The molecule has 0 aliphatic heterocycles. The third-order valence-electron chi connectivity index (χ3n) is 10.7. The zero-order chi connectivity index (χ0) is 23.1. The molecule has 32 heavy (non-hydrogen) atoms. The predicted molar refractivity (Wildman–Crippen MR) is 144 cm³/mol. The standard InChI is InChI=1S/C29H48OS2/c1-19(2)8-7-9-20(3)24-12-13-25-23-11-10-21-18-22(30-27(31)32-6)14-16-28(21,4)26(23)15-17-29(24,25)5/h10,19-20,22-26H,7-9,11-18H2,1-6H3/t20-,22?,23?,24-,25?,26?,28+,29-/m1/s1. The van der Waals surface area contributed by atoms with Gasteiger partial charge in [0.05, 0.1) is 0 Å². The van der Waals surface area contributed by atoms with E-state index in [9.17, 15) is 0 Å².